The van der Waals surface area contributed by atoms with Crippen molar-refractivity contribution in [3.63, 3.8) is 0 Å². The number of Topliss-reactive ketones (excluding diaryl/α,β-unsaturated/α-hetero) is 1. The van der Waals surface area contributed by atoms with Crippen LogP contribution in [0.4, 0.5) is 18.9 Å². The zero-order valence-corrected chi connectivity index (χ0v) is 15.2. The number of pyridine rings is 1. The van der Waals surface area contributed by atoms with Crippen LogP contribution in [0, 0.1) is 17.5 Å². The molecule has 1 atom stereocenters. The number of hydrogen-bond acceptors (Lipinski definition) is 4. The summed E-state index contributed by atoms with van der Waals surface area (Å²) in [4.78, 5) is 30.6. The normalized spacial score (nSPS) is 18.1. The maximum atomic E-state index is 13.8. The molecule has 1 aromatic heterocycles. The van der Waals surface area contributed by atoms with Gasteiger partial charge in [-0.1, -0.05) is 6.07 Å². The van der Waals surface area contributed by atoms with E-state index in [-0.39, 0.29) is 16.8 Å². The molecule has 150 valence electrons. The molecule has 1 aliphatic rings. The second kappa shape index (κ2) is 7.47. The summed E-state index contributed by atoms with van der Waals surface area (Å²) in [6.07, 6.45) is 2.87. The van der Waals surface area contributed by atoms with Crippen LogP contribution in [-0.4, -0.2) is 21.8 Å². The summed E-state index contributed by atoms with van der Waals surface area (Å²) in [5, 5.41) is 10.8. The molecule has 0 spiro atoms. The van der Waals surface area contributed by atoms with Gasteiger partial charge in [0.25, 0.3) is 11.7 Å². The summed E-state index contributed by atoms with van der Waals surface area (Å²) in [6.45, 7) is 0. The van der Waals surface area contributed by atoms with E-state index >= 15 is 0 Å². The summed E-state index contributed by atoms with van der Waals surface area (Å²) in [5.41, 5.74) is 0.144. The van der Waals surface area contributed by atoms with E-state index in [4.69, 9.17) is 0 Å². The van der Waals surface area contributed by atoms with Crippen molar-refractivity contribution < 1.29 is 27.9 Å². The molecule has 1 fully saturated rings. The molecule has 0 bridgehead atoms. The smallest absolute Gasteiger partial charge is 0.300 e. The van der Waals surface area contributed by atoms with Gasteiger partial charge in [0.2, 0.25) is 0 Å². The Balaban J connectivity index is 1.94. The molecule has 4 rings (SSSR count). The highest BCUT2D eigenvalue weighted by atomic mass is 19.2. The maximum Gasteiger partial charge on any atom is 0.300 e. The topological polar surface area (TPSA) is 70.5 Å². The Morgan fingerprint density at radius 2 is 1.70 bits per heavy atom. The lowest BCUT2D eigenvalue weighted by Gasteiger charge is -2.25. The molecule has 2 heterocycles. The van der Waals surface area contributed by atoms with Crippen molar-refractivity contribution in [2.24, 2.45) is 0 Å². The summed E-state index contributed by atoms with van der Waals surface area (Å²) in [5.74, 6) is -5.42. The number of hydrogen-bond donors (Lipinski definition) is 1. The van der Waals surface area contributed by atoms with E-state index < -0.39 is 40.9 Å². The number of aromatic nitrogens is 1. The number of carbonyl (C=O) groups excluding carboxylic acids is 2. The first kappa shape index (κ1) is 19.4. The highest BCUT2D eigenvalue weighted by Crippen LogP contribution is 2.42. The van der Waals surface area contributed by atoms with E-state index in [1.807, 2.05) is 0 Å². The van der Waals surface area contributed by atoms with Crippen LogP contribution in [-0.2, 0) is 9.59 Å². The largest absolute Gasteiger partial charge is 0.507 e. The number of rotatable bonds is 3. The summed E-state index contributed by atoms with van der Waals surface area (Å²) < 4.78 is 40.5. The van der Waals surface area contributed by atoms with Gasteiger partial charge in [-0.2, -0.15) is 0 Å². The predicted molar refractivity (Wildman–Crippen MR) is 102 cm³/mol. The monoisotopic (exact) mass is 410 g/mol. The molecule has 1 amide bonds. The number of aliphatic hydroxyl groups is 1. The minimum atomic E-state index is -1.20. The fourth-order valence-electron chi connectivity index (χ4n) is 3.35. The van der Waals surface area contributed by atoms with E-state index in [0.29, 0.717) is 5.56 Å². The van der Waals surface area contributed by atoms with E-state index in [9.17, 15) is 27.9 Å². The van der Waals surface area contributed by atoms with Gasteiger partial charge >= 0.3 is 0 Å². The van der Waals surface area contributed by atoms with Crippen molar-refractivity contribution in [1.82, 2.24) is 4.98 Å². The molecule has 3 aromatic rings. The molecular weight excluding hydrogens is 397 g/mol. The molecule has 1 aliphatic heterocycles. The maximum absolute atomic E-state index is 13.8. The number of ketones is 1. The fourth-order valence-corrected chi connectivity index (χ4v) is 3.35. The SMILES string of the molecule is O=C1C(=O)N(c2ccc(F)c(F)c2)C(c2cccnc2)/C1=C(\O)c1ccc(F)cc1. The van der Waals surface area contributed by atoms with Crippen LogP contribution in [0.3, 0.4) is 0 Å². The number of aliphatic hydroxyl groups excluding tert-OH is 1. The lowest BCUT2D eigenvalue weighted by atomic mass is 9.96. The molecule has 1 unspecified atom stereocenters. The number of nitrogens with zero attached hydrogens (tertiary/aromatic N) is 2. The number of benzene rings is 2. The zero-order valence-electron chi connectivity index (χ0n) is 15.2. The van der Waals surface area contributed by atoms with Gasteiger partial charge < -0.3 is 5.11 Å². The molecule has 8 heteroatoms. The van der Waals surface area contributed by atoms with Gasteiger partial charge in [0.15, 0.2) is 11.6 Å². The van der Waals surface area contributed by atoms with E-state index in [1.165, 1.54) is 24.5 Å². The molecular formula is C22H13F3N2O3. The Labute approximate surface area is 168 Å². The zero-order chi connectivity index (χ0) is 21.4. The van der Waals surface area contributed by atoms with Crippen molar-refractivity contribution in [3.05, 3.63) is 101 Å². The number of halogens is 3. The van der Waals surface area contributed by atoms with E-state index in [0.717, 1.165) is 35.2 Å². The van der Waals surface area contributed by atoms with Crippen molar-refractivity contribution in [2.75, 3.05) is 4.90 Å². The quantitative estimate of drug-likeness (QED) is 0.401. The van der Waals surface area contributed by atoms with E-state index in [1.54, 1.807) is 12.1 Å². The summed E-state index contributed by atoms with van der Waals surface area (Å²) >= 11 is 0. The first-order valence-electron chi connectivity index (χ1n) is 8.80. The lowest BCUT2D eigenvalue weighted by molar-refractivity contribution is -0.132. The average Bonchev–Trinajstić information content (AvgIpc) is 3.01. The fraction of sp³-hybridized carbons (Fsp3) is 0.0455. The Bertz CT molecular complexity index is 1180. The molecule has 0 aliphatic carbocycles. The summed E-state index contributed by atoms with van der Waals surface area (Å²) in [6, 6.07) is 9.50. The molecule has 1 saturated heterocycles. The Morgan fingerprint density at radius 3 is 2.33 bits per heavy atom. The Hall–Kier alpha value is -3.94. The van der Waals surface area contributed by atoms with Crippen LogP contribution in [0.15, 0.2) is 72.6 Å². The van der Waals surface area contributed by atoms with Gasteiger partial charge in [0.05, 0.1) is 11.6 Å². The molecule has 1 N–H and O–H groups in total. The molecule has 0 saturated carbocycles. The second-order valence-corrected chi connectivity index (χ2v) is 6.56. The Kier molecular flexibility index (Phi) is 4.83. The van der Waals surface area contributed by atoms with Crippen LogP contribution >= 0.6 is 0 Å². The average molecular weight is 410 g/mol. The van der Waals surface area contributed by atoms with E-state index in [2.05, 4.69) is 4.98 Å². The van der Waals surface area contributed by atoms with Gasteiger partial charge in [-0.05, 0) is 48.0 Å². The highest BCUT2D eigenvalue weighted by Gasteiger charge is 2.47. The third kappa shape index (κ3) is 3.22. The van der Waals surface area contributed by atoms with Crippen molar-refractivity contribution in [3.8, 4) is 0 Å². The van der Waals surface area contributed by atoms with Crippen LogP contribution in [0.1, 0.15) is 17.2 Å². The minimum Gasteiger partial charge on any atom is -0.507 e. The first-order chi connectivity index (χ1) is 14.4. The second-order valence-electron chi connectivity index (χ2n) is 6.56. The molecule has 5 nitrogen and oxygen atoms in total. The number of amides is 1. The minimum absolute atomic E-state index is 0.0667. The summed E-state index contributed by atoms with van der Waals surface area (Å²) in [7, 11) is 0. The van der Waals surface area contributed by atoms with Crippen LogP contribution in [0.2, 0.25) is 0 Å². The number of carbonyl (C=O) groups is 2. The van der Waals surface area contributed by atoms with Crippen molar-refractivity contribution >= 4 is 23.1 Å². The lowest BCUT2D eigenvalue weighted by Crippen LogP contribution is -2.29. The standard InChI is InChI=1S/C22H13F3N2O3/c23-14-5-3-12(4-6-14)20(28)18-19(13-2-1-9-26-11-13)27(22(30)21(18)29)15-7-8-16(24)17(25)10-15/h1-11,19,28H/b20-18+. The molecule has 2 aromatic carbocycles. The van der Waals surface area contributed by atoms with Crippen LogP contribution < -0.4 is 4.90 Å². The van der Waals surface area contributed by atoms with Gasteiger partial charge in [-0.25, -0.2) is 13.2 Å². The Morgan fingerprint density at radius 1 is 0.967 bits per heavy atom. The predicted octanol–water partition coefficient (Wildman–Crippen LogP) is 4.13. The highest BCUT2D eigenvalue weighted by molar-refractivity contribution is 6.51. The van der Waals surface area contributed by atoms with Gasteiger partial charge in [-0.3, -0.25) is 19.5 Å². The first-order valence-corrected chi connectivity index (χ1v) is 8.80. The third-order valence-electron chi connectivity index (χ3n) is 4.74. The van der Waals surface area contributed by atoms with Gasteiger partial charge in [0, 0.05) is 29.7 Å². The number of anilines is 1. The van der Waals surface area contributed by atoms with Crippen molar-refractivity contribution in [1.29, 1.82) is 0 Å². The van der Waals surface area contributed by atoms with Gasteiger partial charge in [0.1, 0.15) is 11.6 Å². The van der Waals surface area contributed by atoms with Crippen LogP contribution in [0.5, 0.6) is 0 Å². The molecule has 0 radical (unpaired) electrons. The molecule has 30 heavy (non-hydrogen) atoms. The van der Waals surface area contributed by atoms with Crippen LogP contribution in [0.25, 0.3) is 5.76 Å². The third-order valence-corrected chi connectivity index (χ3v) is 4.74. The van der Waals surface area contributed by atoms with Gasteiger partial charge in [-0.15, -0.1) is 0 Å². The van der Waals surface area contributed by atoms with Crippen molar-refractivity contribution in [2.45, 2.75) is 6.04 Å².